The van der Waals surface area contributed by atoms with Gasteiger partial charge in [0.1, 0.15) is 23.3 Å². The number of esters is 1. The minimum absolute atomic E-state index is 0.236. The third-order valence-corrected chi connectivity index (χ3v) is 5.45. The van der Waals surface area contributed by atoms with Crippen molar-refractivity contribution in [3.05, 3.63) is 66.1 Å². The molecule has 0 amide bonds. The number of para-hydroxylation sites is 1. The van der Waals surface area contributed by atoms with Gasteiger partial charge in [-0.15, -0.1) is 0 Å². The number of methoxy groups -OCH3 is 2. The van der Waals surface area contributed by atoms with Gasteiger partial charge in [0, 0.05) is 29.9 Å². The Morgan fingerprint density at radius 2 is 2.00 bits per heavy atom. The molecule has 2 aromatic carbocycles. The summed E-state index contributed by atoms with van der Waals surface area (Å²) >= 11 is 0. The van der Waals surface area contributed by atoms with Crippen LogP contribution in [0.4, 0.5) is 4.39 Å². The molecule has 0 saturated carbocycles. The Morgan fingerprint density at radius 1 is 1.20 bits per heavy atom. The van der Waals surface area contributed by atoms with E-state index in [9.17, 15) is 9.18 Å². The maximum Gasteiger partial charge on any atom is 0.323 e. The molecule has 156 valence electrons. The van der Waals surface area contributed by atoms with Gasteiger partial charge in [-0.2, -0.15) is 5.10 Å². The van der Waals surface area contributed by atoms with Crippen molar-refractivity contribution in [2.24, 2.45) is 0 Å². The third-order valence-electron chi connectivity index (χ3n) is 5.45. The standard InChI is InChI=1S/C23H24FN3O3/c1-29-18-10-11-19(20(24)13-18)22-16(14-26-12-6-9-21(26)23(28)30-2)15-27(25-22)17-7-4-3-5-8-17/h3-5,7-8,10-11,13,15,21H,6,9,12,14H2,1-2H3/t21-/m0/s1. The van der Waals surface area contributed by atoms with Crippen LogP contribution in [0.15, 0.2) is 54.7 Å². The molecule has 0 spiro atoms. The van der Waals surface area contributed by atoms with Crippen LogP contribution in [-0.2, 0) is 16.1 Å². The highest BCUT2D eigenvalue weighted by Gasteiger charge is 2.32. The summed E-state index contributed by atoms with van der Waals surface area (Å²) in [5.74, 6) is -0.189. The Morgan fingerprint density at radius 3 is 2.70 bits per heavy atom. The fraction of sp³-hybridized carbons (Fsp3) is 0.304. The van der Waals surface area contributed by atoms with Gasteiger partial charge >= 0.3 is 5.97 Å². The van der Waals surface area contributed by atoms with E-state index in [0.717, 1.165) is 30.6 Å². The lowest BCUT2D eigenvalue weighted by molar-refractivity contribution is -0.146. The number of aromatic nitrogens is 2. The molecule has 1 saturated heterocycles. The Kier molecular flexibility index (Phi) is 5.81. The van der Waals surface area contributed by atoms with Crippen molar-refractivity contribution in [2.75, 3.05) is 20.8 Å². The van der Waals surface area contributed by atoms with Crippen molar-refractivity contribution >= 4 is 5.97 Å². The van der Waals surface area contributed by atoms with Gasteiger partial charge in [-0.1, -0.05) is 18.2 Å². The third kappa shape index (κ3) is 3.93. The van der Waals surface area contributed by atoms with Crippen molar-refractivity contribution in [3.8, 4) is 22.7 Å². The summed E-state index contributed by atoms with van der Waals surface area (Å²) in [6, 6.07) is 14.1. The van der Waals surface area contributed by atoms with Crippen molar-refractivity contribution < 1.29 is 18.7 Å². The van der Waals surface area contributed by atoms with E-state index in [4.69, 9.17) is 14.6 Å². The predicted octanol–water partition coefficient (Wildman–Crippen LogP) is 3.82. The molecule has 3 aromatic rings. The zero-order chi connectivity index (χ0) is 21.1. The van der Waals surface area contributed by atoms with Crippen LogP contribution in [0.3, 0.4) is 0 Å². The Hall–Kier alpha value is -3.19. The minimum atomic E-state index is -0.403. The van der Waals surface area contributed by atoms with E-state index in [1.54, 1.807) is 16.8 Å². The summed E-state index contributed by atoms with van der Waals surface area (Å²) in [6.07, 6.45) is 3.57. The molecule has 4 rings (SSSR count). The number of rotatable bonds is 6. The van der Waals surface area contributed by atoms with Gasteiger partial charge in [0.2, 0.25) is 0 Å². The maximum atomic E-state index is 14.9. The molecule has 1 aliphatic heterocycles. The molecule has 0 unspecified atom stereocenters. The predicted molar refractivity (Wildman–Crippen MR) is 111 cm³/mol. The van der Waals surface area contributed by atoms with Gasteiger partial charge in [0.15, 0.2) is 0 Å². The number of ether oxygens (including phenoxy) is 2. The molecule has 1 aliphatic rings. The molecule has 0 N–H and O–H groups in total. The van der Waals surface area contributed by atoms with E-state index >= 15 is 0 Å². The monoisotopic (exact) mass is 409 g/mol. The van der Waals surface area contributed by atoms with Crippen LogP contribution >= 0.6 is 0 Å². The highest BCUT2D eigenvalue weighted by atomic mass is 19.1. The average Bonchev–Trinajstić information content (AvgIpc) is 3.41. The second kappa shape index (κ2) is 8.67. The largest absolute Gasteiger partial charge is 0.497 e. The first-order valence-corrected chi connectivity index (χ1v) is 9.90. The van der Waals surface area contributed by atoms with Crippen molar-refractivity contribution in [1.29, 1.82) is 0 Å². The number of benzene rings is 2. The topological polar surface area (TPSA) is 56.6 Å². The Bertz CT molecular complexity index is 1040. The SMILES string of the molecule is COC(=O)[C@@H]1CCCN1Cc1cn(-c2ccccc2)nc1-c1ccc(OC)cc1F. The first-order valence-electron chi connectivity index (χ1n) is 9.90. The van der Waals surface area contributed by atoms with Crippen molar-refractivity contribution in [3.63, 3.8) is 0 Å². The van der Waals surface area contributed by atoms with Crippen LogP contribution in [-0.4, -0.2) is 47.5 Å². The van der Waals surface area contributed by atoms with Crippen LogP contribution in [0.25, 0.3) is 16.9 Å². The van der Waals surface area contributed by atoms with E-state index in [1.165, 1.54) is 20.3 Å². The lowest BCUT2D eigenvalue weighted by atomic mass is 10.1. The molecule has 30 heavy (non-hydrogen) atoms. The lowest BCUT2D eigenvalue weighted by Crippen LogP contribution is -2.36. The van der Waals surface area contributed by atoms with Crippen molar-refractivity contribution in [1.82, 2.24) is 14.7 Å². The zero-order valence-electron chi connectivity index (χ0n) is 17.0. The number of nitrogens with zero attached hydrogens (tertiary/aromatic N) is 3. The Labute approximate surface area is 174 Å². The molecule has 2 heterocycles. The normalized spacial score (nSPS) is 16.6. The lowest BCUT2D eigenvalue weighted by Gasteiger charge is -2.22. The molecule has 1 fully saturated rings. The van der Waals surface area contributed by atoms with Crippen molar-refractivity contribution in [2.45, 2.75) is 25.4 Å². The fourth-order valence-electron chi connectivity index (χ4n) is 3.92. The van der Waals surface area contributed by atoms with Crippen LogP contribution in [0, 0.1) is 5.82 Å². The molecule has 0 bridgehead atoms. The molecule has 1 aromatic heterocycles. The number of carbonyl (C=O) groups is 1. The highest BCUT2D eigenvalue weighted by Crippen LogP contribution is 2.31. The second-order valence-corrected chi connectivity index (χ2v) is 7.28. The van der Waals surface area contributed by atoms with E-state index in [2.05, 4.69) is 4.90 Å². The van der Waals surface area contributed by atoms with E-state index in [1.807, 2.05) is 36.5 Å². The number of carbonyl (C=O) groups excluding carboxylic acids is 1. The number of hydrogen-bond acceptors (Lipinski definition) is 5. The van der Waals surface area contributed by atoms with E-state index < -0.39 is 5.82 Å². The molecule has 0 radical (unpaired) electrons. The molecule has 6 nitrogen and oxygen atoms in total. The average molecular weight is 409 g/mol. The van der Waals surface area contributed by atoms with Crippen LogP contribution < -0.4 is 4.74 Å². The van der Waals surface area contributed by atoms with Crippen LogP contribution in [0.2, 0.25) is 0 Å². The second-order valence-electron chi connectivity index (χ2n) is 7.28. The summed E-state index contributed by atoms with van der Waals surface area (Å²) in [5, 5.41) is 4.69. The van der Waals surface area contributed by atoms with Crippen LogP contribution in [0.1, 0.15) is 18.4 Å². The van der Waals surface area contributed by atoms with Gasteiger partial charge < -0.3 is 9.47 Å². The summed E-state index contributed by atoms with van der Waals surface area (Å²) < 4.78 is 26.7. The zero-order valence-corrected chi connectivity index (χ0v) is 17.0. The fourth-order valence-corrected chi connectivity index (χ4v) is 3.92. The highest BCUT2D eigenvalue weighted by molar-refractivity contribution is 5.76. The van der Waals surface area contributed by atoms with Gasteiger partial charge in [0.05, 0.1) is 19.9 Å². The first kappa shape index (κ1) is 20.1. The first-order chi connectivity index (χ1) is 14.6. The van der Waals surface area contributed by atoms with Gasteiger partial charge in [-0.3, -0.25) is 9.69 Å². The Balaban J connectivity index is 1.75. The minimum Gasteiger partial charge on any atom is -0.497 e. The summed E-state index contributed by atoms with van der Waals surface area (Å²) in [6.45, 7) is 1.26. The number of likely N-dealkylation sites (tertiary alicyclic amines) is 1. The quantitative estimate of drug-likeness (QED) is 0.580. The van der Waals surface area contributed by atoms with Crippen LogP contribution in [0.5, 0.6) is 5.75 Å². The molecule has 0 aliphatic carbocycles. The summed E-state index contributed by atoms with van der Waals surface area (Å²) in [7, 11) is 2.91. The molecule has 1 atom stereocenters. The van der Waals surface area contributed by atoms with Gasteiger partial charge in [0.25, 0.3) is 0 Å². The number of halogens is 1. The van der Waals surface area contributed by atoms with E-state index in [-0.39, 0.29) is 12.0 Å². The summed E-state index contributed by atoms with van der Waals surface area (Å²) in [5.41, 5.74) is 2.67. The van der Waals surface area contributed by atoms with Gasteiger partial charge in [-0.25, -0.2) is 9.07 Å². The maximum absolute atomic E-state index is 14.9. The smallest absolute Gasteiger partial charge is 0.323 e. The number of hydrogen-bond donors (Lipinski definition) is 0. The molecular formula is C23H24FN3O3. The van der Waals surface area contributed by atoms with E-state index in [0.29, 0.717) is 23.6 Å². The van der Waals surface area contributed by atoms with Gasteiger partial charge in [-0.05, 0) is 43.7 Å². The molecule has 7 heteroatoms. The summed E-state index contributed by atoms with van der Waals surface area (Å²) in [4.78, 5) is 14.2. The molecular weight excluding hydrogens is 385 g/mol.